The Kier molecular flexibility index (Phi) is 3.53. The van der Waals surface area contributed by atoms with Gasteiger partial charge in [0.05, 0.1) is 11.0 Å². The highest BCUT2D eigenvalue weighted by atomic mass is 16.2. The summed E-state index contributed by atoms with van der Waals surface area (Å²) in [6.07, 6.45) is 0. The molecular formula is C18H15N5O2. The number of carbonyl (C=O) groups is 1. The summed E-state index contributed by atoms with van der Waals surface area (Å²) in [6.45, 7) is 0.421. The summed E-state index contributed by atoms with van der Waals surface area (Å²) in [7, 11) is 1.68. The van der Waals surface area contributed by atoms with E-state index in [4.69, 9.17) is 0 Å². The highest BCUT2D eigenvalue weighted by Crippen LogP contribution is 2.14. The minimum atomic E-state index is -0.389. The van der Waals surface area contributed by atoms with Gasteiger partial charge in [-0.1, -0.05) is 47.7 Å². The van der Waals surface area contributed by atoms with Crippen LogP contribution >= 0.6 is 0 Å². The molecule has 124 valence electrons. The molecule has 0 atom stereocenters. The van der Waals surface area contributed by atoms with Gasteiger partial charge in [0.1, 0.15) is 0 Å². The lowest BCUT2D eigenvalue weighted by atomic mass is 10.2. The van der Waals surface area contributed by atoms with Crippen LogP contribution in [-0.4, -0.2) is 37.7 Å². The molecule has 4 rings (SSSR count). The number of hydrogen-bond acceptors (Lipinski definition) is 4. The highest BCUT2D eigenvalue weighted by molar-refractivity contribution is 5.99. The Morgan fingerprint density at radius 2 is 1.84 bits per heavy atom. The van der Waals surface area contributed by atoms with Crippen molar-refractivity contribution in [1.82, 2.24) is 24.7 Å². The van der Waals surface area contributed by atoms with Crippen LogP contribution in [0.2, 0.25) is 0 Å². The van der Waals surface area contributed by atoms with Crippen molar-refractivity contribution in [3.63, 3.8) is 0 Å². The Labute approximate surface area is 142 Å². The zero-order valence-corrected chi connectivity index (χ0v) is 13.5. The molecule has 7 heteroatoms. The number of hydrogen-bond donors (Lipinski definition) is 1. The van der Waals surface area contributed by atoms with Gasteiger partial charge in [0.2, 0.25) is 0 Å². The Hall–Kier alpha value is -3.48. The van der Waals surface area contributed by atoms with Crippen LogP contribution in [-0.2, 0) is 6.54 Å². The maximum absolute atomic E-state index is 12.8. The van der Waals surface area contributed by atoms with Gasteiger partial charge in [0.25, 0.3) is 11.5 Å². The highest BCUT2D eigenvalue weighted by Gasteiger charge is 2.22. The third kappa shape index (κ3) is 2.55. The number of benzene rings is 2. The Morgan fingerprint density at radius 1 is 1.12 bits per heavy atom. The van der Waals surface area contributed by atoms with E-state index in [1.165, 1.54) is 9.42 Å². The number of aromatic amines is 1. The third-order valence-corrected chi connectivity index (χ3v) is 4.08. The second kappa shape index (κ2) is 5.86. The molecule has 2 heterocycles. The summed E-state index contributed by atoms with van der Waals surface area (Å²) in [5, 5.41) is 7.99. The SMILES string of the molecule is CN(Cc1ccccc1)C(=O)c1nnn2c1c(=O)[nH]c1ccccc12. The lowest BCUT2D eigenvalue weighted by Crippen LogP contribution is -2.28. The molecule has 2 aromatic carbocycles. The number of rotatable bonds is 3. The standard InChI is InChI=1S/C18H15N5O2/c1-22(11-12-7-3-2-4-8-12)18(25)15-16-17(24)19-13-9-5-6-10-14(13)23(16)21-20-15/h2-10H,11H2,1H3,(H,19,24). The van der Waals surface area contributed by atoms with Gasteiger partial charge >= 0.3 is 0 Å². The minimum absolute atomic E-state index is 0.0467. The van der Waals surface area contributed by atoms with E-state index in [0.29, 0.717) is 17.6 Å². The van der Waals surface area contributed by atoms with Gasteiger partial charge in [-0.3, -0.25) is 9.59 Å². The first-order valence-electron chi connectivity index (χ1n) is 7.81. The average Bonchev–Trinajstić information content (AvgIpc) is 3.08. The van der Waals surface area contributed by atoms with E-state index >= 15 is 0 Å². The van der Waals surface area contributed by atoms with Crippen LogP contribution in [0, 0.1) is 0 Å². The van der Waals surface area contributed by atoms with E-state index in [2.05, 4.69) is 15.3 Å². The first-order valence-corrected chi connectivity index (χ1v) is 7.81. The van der Waals surface area contributed by atoms with Crippen LogP contribution in [0.3, 0.4) is 0 Å². The first-order chi connectivity index (χ1) is 12.1. The second-order valence-electron chi connectivity index (χ2n) is 5.82. The fraction of sp³-hybridized carbons (Fsp3) is 0.111. The summed E-state index contributed by atoms with van der Waals surface area (Å²) in [4.78, 5) is 29.5. The number of fused-ring (bicyclic) bond motifs is 3. The van der Waals surface area contributed by atoms with Crippen LogP contribution in [0.15, 0.2) is 59.4 Å². The van der Waals surface area contributed by atoms with E-state index in [1.807, 2.05) is 48.5 Å². The summed E-state index contributed by atoms with van der Waals surface area (Å²) >= 11 is 0. The first kappa shape index (κ1) is 15.1. The fourth-order valence-electron chi connectivity index (χ4n) is 2.85. The molecule has 0 saturated heterocycles. The predicted octanol–water partition coefficient (Wildman–Crippen LogP) is 1.84. The molecular weight excluding hydrogens is 318 g/mol. The fourth-order valence-corrected chi connectivity index (χ4v) is 2.85. The molecule has 0 aliphatic rings. The van der Waals surface area contributed by atoms with Crippen LogP contribution in [0.25, 0.3) is 16.6 Å². The molecule has 25 heavy (non-hydrogen) atoms. The smallest absolute Gasteiger partial charge is 0.277 e. The van der Waals surface area contributed by atoms with Gasteiger partial charge in [0, 0.05) is 13.6 Å². The number of nitrogens with one attached hydrogen (secondary N) is 1. The maximum atomic E-state index is 12.8. The van der Waals surface area contributed by atoms with Crippen molar-refractivity contribution in [3.8, 4) is 0 Å². The molecule has 0 radical (unpaired) electrons. The molecule has 0 aliphatic heterocycles. The summed E-state index contributed by atoms with van der Waals surface area (Å²) in [6, 6.07) is 16.9. The van der Waals surface area contributed by atoms with Gasteiger partial charge in [-0.25, -0.2) is 4.52 Å². The van der Waals surface area contributed by atoms with Crippen molar-refractivity contribution >= 4 is 22.5 Å². The second-order valence-corrected chi connectivity index (χ2v) is 5.82. The van der Waals surface area contributed by atoms with Crippen LogP contribution in [0.4, 0.5) is 0 Å². The molecule has 0 unspecified atom stereocenters. The lowest BCUT2D eigenvalue weighted by molar-refractivity contribution is 0.0781. The molecule has 0 spiro atoms. The summed E-state index contributed by atoms with van der Waals surface area (Å²) < 4.78 is 1.41. The normalized spacial score (nSPS) is 11.1. The molecule has 2 aromatic heterocycles. The van der Waals surface area contributed by atoms with Crippen LogP contribution < -0.4 is 5.56 Å². The molecule has 0 bridgehead atoms. The van der Waals surface area contributed by atoms with Crippen molar-refractivity contribution in [3.05, 3.63) is 76.2 Å². The Balaban J connectivity index is 1.78. The van der Waals surface area contributed by atoms with Gasteiger partial charge < -0.3 is 9.88 Å². The largest absolute Gasteiger partial charge is 0.336 e. The van der Waals surface area contributed by atoms with E-state index in [-0.39, 0.29) is 22.7 Å². The quantitative estimate of drug-likeness (QED) is 0.620. The third-order valence-electron chi connectivity index (χ3n) is 4.08. The number of nitrogens with zero attached hydrogens (tertiary/aromatic N) is 4. The molecule has 1 amide bonds. The van der Waals surface area contributed by atoms with Crippen molar-refractivity contribution in [2.45, 2.75) is 6.54 Å². The minimum Gasteiger partial charge on any atom is -0.336 e. The van der Waals surface area contributed by atoms with Crippen molar-refractivity contribution < 1.29 is 4.79 Å². The lowest BCUT2D eigenvalue weighted by Gasteiger charge is -2.15. The number of carbonyl (C=O) groups excluding carboxylic acids is 1. The van der Waals surface area contributed by atoms with Crippen molar-refractivity contribution in [2.24, 2.45) is 0 Å². The van der Waals surface area contributed by atoms with Gasteiger partial charge in [-0.15, -0.1) is 5.10 Å². The molecule has 0 saturated carbocycles. The van der Waals surface area contributed by atoms with Crippen molar-refractivity contribution in [1.29, 1.82) is 0 Å². The van der Waals surface area contributed by atoms with Crippen LogP contribution in [0.5, 0.6) is 0 Å². The molecule has 0 aliphatic carbocycles. The van der Waals surface area contributed by atoms with E-state index < -0.39 is 0 Å². The van der Waals surface area contributed by atoms with Gasteiger partial charge in [0.15, 0.2) is 11.2 Å². The summed E-state index contributed by atoms with van der Waals surface area (Å²) in [5.41, 5.74) is 2.14. The molecule has 7 nitrogen and oxygen atoms in total. The Bertz CT molecular complexity index is 1130. The van der Waals surface area contributed by atoms with E-state index in [0.717, 1.165) is 5.56 Å². The molecule has 1 N–H and O–H groups in total. The number of H-pyrrole nitrogens is 1. The zero-order chi connectivity index (χ0) is 17.4. The van der Waals surface area contributed by atoms with Gasteiger partial charge in [-0.05, 0) is 17.7 Å². The molecule has 0 fully saturated rings. The number of para-hydroxylation sites is 2. The molecule has 4 aromatic rings. The van der Waals surface area contributed by atoms with E-state index in [1.54, 1.807) is 13.1 Å². The topological polar surface area (TPSA) is 83.4 Å². The number of amides is 1. The summed E-state index contributed by atoms with van der Waals surface area (Å²) in [5.74, 6) is -0.348. The van der Waals surface area contributed by atoms with Gasteiger partial charge in [-0.2, -0.15) is 0 Å². The Morgan fingerprint density at radius 3 is 2.64 bits per heavy atom. The van der Waals surface area contributed by atoms with Crippen molar-refractivity contribution in [2.75, 3.05) is 7.05 Å². The number of aromatic nitrogens is 4. The van der Waals surface area contributed by atoms with E-state index in [9.17, 15) is 9.59 Å². The average molecular weight is 333 g/mol. The monoisotopic (exact) mass is 333 g/mol. The van der Waals surface area contributed by atoms with Crippen LogP contribution in [0.1, 0.15) is 16.1 Å². The predicted molar refractivity (Wildman–Crippen MR) is 93.4 cm³/mol. The maximum Gasteiger partial charge on any atom is 0.277 e. The zero-order valence-electron chi connectivity index (χ0n) is 13.5.